The van der Waals surface area contributed by atoms with Crippen LogP contribution in [0.2, 0.25) is 5.02 Å². The third-order valence-electron chi connectivity index (χ3n) is 1.59. The summed E-state index contributed by atoms with van der Waals surface area (Å²) in [6.45, 7) is 1.36. The Bertz CT molecular complexity index is 289. The number of hydrogen-bond acceptors (Lipinski definition) is 5. The molecule has 1 aromatic heterocycles. The van der Waals surface area contributed by atoms with Crippen LogP contribution in [0.4, 0.5) is 5.95 Å². The quantitative estimate of drug-likeness (QED) is 0.676. The van der Waals surface area contributed by atoms with E-state index in [0.29, 0.717) is 11.0 Å². The number of nitrogens with one attached hydrogen (secondary N) is 1. The topological polar surface area (TPSA) is 78.3 Å². The van der Waals surface area contributed by atoms with Gasteiger partial charge in [0, 0.05) is 6.54 Å². The summed E-state index contributed by atoms with van der Waals surface area (Å²) < 4.78 is 0. The van der Waals surface area contributed by atoms with Crippen molar-refractivity contribution in [3.8, 4) is 0 Å². The minimum absolute atomic E-state index is 0.172. The Morgan fingerprint density at radius 1 is 1.50 bits per heavy atom. The van der Waals surface area contributed by atoms with Gasteiger partial charge in [-0.3, -0.25) is 0 Å². The van der Waals surface area contributed by atoms with Crippen LogP contribution in [-0.2, 0) is 0 Å². The zero-order valence-electron chi connectivity index (χ0n) is 7.74. The Morgan fingerprint density at radius 3 is 2.57 bits per heavy atom. The van der Waals surface area contributed by atoms with Crippen molar-refractivity contribution in [3.63, 3.8) is 0 Å². The van der Waals surface area contributed by atoms with Crippen molar-refractivity contribution in [2.45, 2.75) is 12.5 Å². The van der Waals surface area contributed by atoms with Crippen molar-refractivity contribution in [2.75, 3.05) is 18.5 Å². The molecule has 0 saturated heterocycles. The SMILES string of the molecule is CC(O)(CO)CNc1ncc(Cl)cn1. The minimum atomic E-state index is -1.18. The lowest BCUT2D eigenvalue weighted by Crippen LogP contribution is -2.37. The smallest absolute Gasteiger partial charge is 0.222 e. The van der Waals surface area contributed by atoms with E-state index in [4.69, 9.17) is 16.7 Å². The lowest BCUT2D eigenvalue weighted by atomic mass is 10.1. The summed E-state index contributed by atoms with van der Waals surface area (Å²) in [6.07, 6.45) is 2.90. The van der Waals surface area contributed by atoms with E-state index >= 15 is 0 Å². The Morgan fingerprint density at radius 2 is 2.07 bits per heavy atom. The molecule has 0 saturated carbocycles. The van der Waals surface area contributed by atoms with Crippen molar-refractivity contribution < 1.29 is 10.2 Å². The van der Waals surface area contributed by atoms with Gasteiger partial charge in [-0.1, -0.05) is 11.6 Å². The van der Waals surface area contributed by atoms with Gasteiger partial charge >= 0.3 is 0 Å². The molecular formula is C8H12ClN3O2. The predicted octanol–water partition coefficient (Wildman–Crippen LogP) is 0.285. The fourth-order valence-corrected chi connectivity index (χ4v) is 0.827. The Kier molecular flexibility index (Phi) is 3.62. The van der Waals surface area contributed by atoms with E-state index in [1.54, 1.807) is 0 Å². The number of aliphatic hydroxyl groups is 2. The average molecular weight is 218 g/mol. The summed E-state index contributed by atoms with van der Waals surface area (Å²) in [5.41, 5.74) is -1.18. The fraction of sp³-hybridized carbons (Fsp3) is 0.500. The molecule has 78 valence electrons. The van der Waals surface area contributed by atoms with Crippen molar-refractivity contribution in [1.82, 2.24) is 9.97 Å². The third-order valence-corrected chi connectivity index (χ3v) is 1.78. The first kappa shape index (κ1) is 11.2. The number of hydrogen-bond donors (Lipinski definition) is 3. The summed E-state index contributed by atoms with van der Waals surface area (Å²) in [6, 6.07) is 0. The zero-order valence-corrected chi connectivity index (χ0v) is 8.49. The van der Waals surface area contributed by atoms with Gasteiger partial charge in [-0.15, -0.1) is 0 Å². The van der Waals surface area contributed by atoms with Gasteiger partial charge in [-0.25, -0.2) is 9.97 Å². The Labute approximate surface area is 86.8 Å². The lowest BCUT2D eigenvalue weighted by molar-refractivity contribution is 0.0131. The average Bonchev–Trinajstić information content (AvgIpc) is 2.17. The minimum Gasteiger partial charge on any atom is -0.393 e. The summed E-state index contributed by atoms with van der Waals surface area (Å²) in [7, 11) is 0. The molecule has 1 atom stereocenters. The van der Waals surface area contributed by atoms with E-state index in [9.17, 15) is 5.11 Å². The summed E-state index contributed by atoms with van der Waals surface area (Å²) in [5, 5.41) is 21.4. The standard InChI is InChI=1S/C8H12ClN3O2/c1-8(14,5-13)4-12-7-10-2-6(9)3-11-7/h2-3,13-14H,4-5H2,1H3,(H,10,11,12). The van der Waals surface area contributed by atoms with Crippen LogP contribution in [0.5, 0.6) is 0 Å². The molecule has 0 aliphatic heterocycles. The van der Waals surface area contributed by atoms with E-state index in [1.807, 2.05) is 0 Å². The van der Waals surface area contributed by atoms with Crippen LogP contribution < -0.4 is 5.32 Å². The van der Waals surface area contributed by atoms with Gasteiger partial charge in [-0.2, -0.15) is 0 Å². The second kappa shape index (κ2) is 4.54. The molecule has 0 fully saturated rings. The molecule has 0 bridgehead atoms. The van der Waals surface area contributed by atoms with Gasteiger partial charge in [0.15, 0.2) is 0 Å². The van der Waals surface area contributed by atoms with Crippen molar-refractivity contribution >= 4 is 17.5 Å². The molecule has 1 unspecified atom stereocenters. The van der Waals surface area contributed by atoms with Crippen molar-refractivity contribution in [1.29, 1.82) is 0 Å². The maximum absolute atomic E-state index is 9.44. The van der Waals surface area contributed by atoms with Crippen LogP contribution in [0.25, 0.3) is 0 Å². The molecule has 1 aromatic rings. The highest BCUT2D eigenvalue weighted by molar-refractivity contribution is 6.30. The highest BCUT2D eigenvalue weighted by Crippen LogP contribution is 2.07. The van der Waals surface area contributed by atoms with Crippen LogP contribution in [0.3, 0.4) is 0 Å². The van der Waals surface area contributed by atoms with Gasteiger partial charge in [0.25, 0.3) is 0 Å². The van der Waals surface area contributed by atoms with Crippen LogP contribution in [0.1, 0.15) is 6.92 Å². The van der Waals surface area contributed by atoms with E-state index < -0.39 is 5.60 Å². The maximum atomic E-state index is 9.44. The molecule has 0 radical (unpaired) electrons. The van der Waals surface area contributed by atoms with E-state index in [0.717, 1.165) is 0 Å². The van der Waals surface area contributed by atoms with Gasteiger partial charge in [0.05, 0.1) is 24.0 Å². The number of aliphatic hydroxyl groups excluding tert-OH is 1. The summed E-state index contributed by atoms with van der Waals surface area (Å²) >= 11 is 5.59. The van der Waals surface area contributed by atoms with Crippen molar-refractivity contribution in [3.05, 3.63) is 17.4 Å². The number of anilines is 1. The van der Waals surface area contributed by atoms with E-state index in [2.05, 4.69) is 15.3 Å². The normalized spacial score (nSPS) is 14.9. The first-order chi connectivity index (χ1) is 6.53. The molecule has 0 amide bonds. The molecule has 14 heavy (non-hydrogen) atoms. The molecule has 1 rings (SSSR count). The van der Waals surface area contributed by atoms with Crippen LogP contribution in [0.15, 0.2) is 12.4 Å². The molecule has 0 aliphatic rings. The molecule has 3 N–H and O–H groups in total. The predicted molar refractivity (Wildman–Crippen MR) is 53.2 cm³/mol. The van der Waals surface area contributed by atoms with Gasteiger partial charge in [0.1, 0.15) is 5.60 Å². The highest BCUT2D eigenvalue weighted by atomic mass is 35.5. The molecule has 1 heterocycles. The molecular weight excluding hydrogens is 206 g/mol. The first-order valence-electron chi connectivity index (χ1n) is 4.08. The molecule has 0 aromatic carbocycles. The Balaban J connectivity index is 2.50. The Hall–Kier alpha value is -0.910. The second-order valence-electron chi connectivity index (χ2n) is 3.23. The van der Waals surface area contributed by atoms with Crippen molar-refractivity contribution in [2.24, 2.45) is 0 Å². The fourth-order valence-electron chi connectivity index (χ4n) is 0.729. The molecule has 5 nitrogen and oxygen atoms in total. The van der Waals surface area contributed by atoms with Crippen LogP contribution in [-0.4, -0.2) is 38.9 Å². The third kappa shape index (κ3) is 3.45. The summed E-state index contributed by atoms with van der Waals surface area (Å²) in [5.74, 6) is 0.364. The summed E-state index contributed by atoms with van der Waals surface area (Å²) in [4.78, 5) is 7.74. The monoisotopic (exact) mass is 217 g/mol. The van der Waals surface area contributed by atoms with Gasteiger partial charge in [0.2, 0.25) is 5.95 Å². The maximum Gasteiger partial charge on any atom is 0.222 e. The molecule has 0 spiro atoms. The highest BCUT2D eigenvalue weighted by Gasteiger charge is 2.18. The van der Waals surface area contributed by atoms with Gasteiger partial charge < -0.3 is 15.5 Å². The lowest BCUT2D eigenvalue weighted by Gasteiger charge is -2.20. The van der Waals surface area contributed by atoms with Crippen LogP contribution >= 0.6 is 11.6 Å². The number of rotatable bonds is 4. The second-order valence-corrected chi connectivity index (χ2v) is 3.67. The molecule has 0 aliphatic carbocycles. The number of nitrogens with zero attached hydrogens (tertiary/aromatic N) is 2. The molecule has 6 heteroatoms. The zero-order chi connectivity index (χ0) is 10.6. The number of aromatic nitrogens is 2. The first-order valence-corrected chi connectivity index (χ1v) is 4.46. The van der Waals surface area contributed by atoms with E-state index in [-0.39, 0.29) is 13.2 Å². The number of halogens is 1. The van der Waals surface area contributed by atoms with E-state index in [1.165, 1.54) is 19.3 Å². The van der Waals surface area contributed by atoms with Gasteiger partial charge in [-0.05, 0) is 6.92 Å². The van der Waals surface area contributed by atoms with Crippen LogP contribution in [0, 0.1) is 0 Å². The largest absolute Gasteiger partial charge is 0.393 e.